The zero-order valence-electron chi connectivity index (χ0n) is 18.6. The number of hydrogen-bond acceptors (Lipinski definition) is 7. The van der Waals surface area contributed by atoms with Gasteiger partial charge in [-0.3, -0.25) is 14.6 Å². The lowest BCUT2D eigenvalue weighted by atomic mass is 10.2. The van der Waals surface area contributed by atoms with Crippen molar-refractivity contribution in [3.05, 3.63) is 52.5 Å². The lowest BCUT2D eigenvalue weighted by Crippen LogP contribution is -2.48. The maximum Gasteiger partial charge on any atom is 0.254 e. The maximum absolute atomic E-state index is 12.3. The molecular formula is C23H29ClN4O4. The second-order valence-corrected chi connectivity index (χ2v) is 7.83. The third-order valence-corrected chi connectivity index (χ3v) is 5.53. The van der Waals surface area contributed by atoms with Crippen LogP contribution in [0.5, 0.6) is 17.2 Å². The van der Waals surface area contributed by atoms with E-state index in [9.17, 15) is 4.79 Å². The average Bonchev–Trinajstić information content (AvgIpc) is 2.81. The van der Waals surface area contributed by atoms with Gasteiger partial charge in [0, 0.05) is 43.3 Å². The monoisotopic (exact) mass is 460 g/mol. The number of benzene rings is 2. The first-order chi connectivity index (χ1) is 15.5. The highest BCUT2D eigenvalue weighted by Gasteiger charge is 2.19. The molecule has 3 rings (SSSR count). The first-order valence-electron chi connectivity index (χ1n) is 10.3. The smallest absolute Gasteiger partial charge is 0.254 e. The number of halogens is 1. The summed E-state index contributed by atoms with van der Waals surface area (Å²) in [6.45, 7) is 4.65. The van der Waals surface area contributed by atoms with E-state index in [1.807, 2.05) is 24.3 Å². The van der Waals surface area contributed by atoms with E-state index in [4.69, 9.17) is 25.8 Å². The van der Waals surface area contributed by atoms with Crippen LogP contribution in [-0.4, -0.2) is 76.0 Å². The second-order valence-electron chi connectivity index (χ2n) is 7.40. The SMILES string of the molecule is COc1ccc(/C=N/NC(=O)CN2CCN(Cc3ccc(Cl)cc3)CC2)c(OC)c1OC. The summed E-state index contributed by atoms with van der Waals surface area (Å²) in [7, 11) is 4.64. The van der Waals surface area contributed by atoms with Gasteiger partial charge in [0.05, 0.1) is 34.1 Å². The van der Waals surface area contributed by atoms with Crippen LogP contribution in [0, 0.1) is 0 Å². The number of amides is 1. The number of carbonyl (C=O) groups is 1. The number of hydrazone groups is 1. The molecule has 0 saturated carbocycles. The average molecular weight is 461 g/mol. The molecule has 0 spiro atoms. The molecule has 172 valence electrons. The fourth-order valence-corrected chi connectivity index (χ4v) is 3.72. The van der Waals surface area contributed by atoms with Gasteiger partial charge in [0.2, 0.25) is 5.75 Å². The standard InChI is InChI=1S/C23H29ClN4O4/c1-30-20-9-6-18(22(31-2)23(20)32-3)14-25-26-21(29)16-28-12-10-27(11-13-28)15-17-4-7-19(24)8-5-17/h4-9,14H,10-13,15-16H2,1-3H3,(H,26,29)/b25-14+. The summed E-state index contributed by atoms with van der Waals surface area (Å²) >= 11 is 5.95. The number of rotatable bonds is 9. The van der Waals surface area contributed by atoms with Crippen LogP contribution in [-0.2, 0) is 11.3 Å². The van der Waals surface area contributed by atoms with Crippen molar-refractivity contribution in [2.45, 2.75) is 6.54 Å². The Bertz CT molecular complexity index is 928. The Morgan fingerprint density at radius 3 is 2.25 bits per heavy atom. The number of hydrogen-bond donors (Lipinski definition) is 1. The van der Waals surface area contributed by atoms with Gasteiger partial charge >= 0.3 is 0 Å². The highest BCUT2D eigenvalue weighted by molar-refractivity contribution is 6.30. The minimum absolute atomic E-state index is 0.160. The zero-order chi connectivity index (χ0) is 22.9. The molecule has 2 aromatic rings. The first kappa shape index (κ1) is 23.8. The number of carbonyl (C=O) groups excluding carboxylic acids is 1. The molecular weight excluding hydrogens is 432 g/mol. The molecule has 0 aromatic heterocycles. The molecule has 9 heteroatoms. The van der Waals surface area contributed by atoms with Gasteiger partial charge in [-0.25, -0.2) is 5.43 Å². The van der Waals surface area contributed by atoms with Gasteiger partial charge in [0.15, 0.2) is 11.5 Å². The number of nitrogens with one attached hydrogen (secondary N) is 1. The van der Waals surface area contributed by atoms with E-state index < -0.39 is 0 Å². The lowest BCUT2D eigenvalue weighted by molar-refractivity contribution is -0.122. The van der Waals surface area contributed by atoms with Crippen molar-refractivity contribution >= 4 is 23.7 Å². The van der Waals surface area contributed by atoms with Crippen LogP contribution < -0.4 is 19.6 Å². The van der Waals surface area contributed by atoms with Crippen molar-refractivity contribution in [3.63, 3.8) is 0 Å². The number of piperazine rings is 1. The molecule has 2 aromatic carbocycles. The fraction of sp³-hybridized carbons (Fsp3) is 0.391. The predicted molar refractivity (Wildman–Crippen MR) is 125 cm³/mol. The summed E-state index contributed by atoms with van der Waals surface area (Å²) in [5.74, 6) is 1.36. The molecule has 0 atom stereocenters. The Morgan fingerprint density at radius 2 is 1.62 bits per heavy atom. The van der Waals surface area contributed by atoms with Crippen LogP contribution in [0.3, 0.4) is 0 Å². The molecule has 8 nitrogen and oxygen atoms in total. The Kier molecular flexibility index (Phi) is 8.72. The van der Waals surface area contributed by atoms with Gasteiger partial charge in [-0.15, -0.1) is 0 Å². The Morgan fingerprint density at radius 1 is 0.969 bits per heavy atom. The molecule has 1 N–H and O–H groups in total. The molecule has 1 amide bonds. The molecule has 1 aliphatic heterocycles. The van der Waals surface area contributed by atoms with Crippen LogP contribution in [0.15, 0.2) is 41.5 Å². The Hall–Kier alpha value is -2.81. The van der Waals surface area contributed by atoms with E-state index >= 15 is 0 Å². The van der Waals surface area contributed by atoms with Crippen LogP contribution in [0.1, 0.15) is 11.1 Å². The fourth-order valence-electron chi connectivity index (χ4n) is 3.59. The molecule has 0 bridgehead atoms. The molecule has 0 unspecified atom stereocenters. The Balaban J connectivity index is 1.46. The Labute approximate surface area is 193 Å². The summed E-state index contributed by atoms with van der Waals surface area (Å²) in [6.07, 6.45) is 1.53. The molecule has 1 heterocycles. The van der Waals surface area contributed by atoms with E-state index in [2.05, 4.69) is 20.3 Å². The van der Waals surface area contributed by atoms with Crippen LogP contribution in [0.2, 0.25) is 5.02 Å². The zero-order valence-corrected chi connectivity index (χ0v) is 19.4. The number of nitrogens with zero attached hydrogens (tertiary/aromatic N) is 3. The normalized spacial score (nSPS) is 15.0. The van der Waals surface area contributed by atoms with Gasteiger partial charge in [0.25, 0.3) is 5.91 Å². The van der Waals surface area contributed by atoms with Gasteiger partial charge in [-0.05, 0) is 29.8 Å². The number of methoxy groups -OCH3 is 3. The van der Waals surface area contributed by atoms with Crippen LogP contribution in [0.4, 0.5) is 0 Å². The molecule has 0 aliphatic carbocycles. The van der Waals surface area contributed by atoms with E-state index in [1.165, 1.54) is 18.9 Å². The van der Waals surface area contributed by atoms with E-state index in [0.29, 0.717) is 29.4 Å². The van der Waals surface area contributed by atoms with Gasteiger partial charge in [-0.2, -0.15) is 5.10 Å². The van der Waals surface area contributed by atoms with Crippen molar-refractivity contribution in [2.24, 2.45) is 5.10 Å². The summed E-state index contributed by atoms with van der Waals surface area (Å²) in [5, 5.41) is 4.82. The summed E-state index contributed by atoms with van der Waals surface area (Å²) in [5.41, 5.74) is 4.49. The van der Waals surface area contributed by atoms with Crippen molar-refractivity contribution in [1.29, 1.82) is 0 Å². The molecule has 32 heavy (non-hydrogen) atoms. The molecule has 0 radical (unpaired) electrons. The topological polar surface area (TPSA) is 75.6 Å². The lowest BCUT2D eigenvalue weighted by Gasteiger charge is -2.34. The van der Waals surface area contributed by atoms with Gasteiger partial charge in [-0.1, -0.05) is 23.7 Å². The molecule has 1 saturated heterocycles. The first-order valence-corrected chi connectivity index (χ1v) is 10.7. The van der Waals surface area contributed by atoms with Gasteiger partial charge < -0.3 is 14.2 Å². The maximum atomic E-state index is 12.3. The molecule has 1 aliphatic rings. The van der Waals surface area contributed by atoms with Crippen molar-refractivity contribution in [2.75, 3.05) is 54.1 Å². The third kappa shape index (κ3) is 6.35. The summed E-state index contributed by atoms with van der Waals surface area (Å²) < 4.78 is 16.1. The molecule has 1 fully saturated rings. The van der Waals surface area contributed by atoms with Crippen molar-refractivity contribution < 1.29 is 19.0 Å². The van der Waals surface area contributed by atoms with Gasteiger partial charge in [0.1, 0.15) is 0 Å². The van der Waals surface area contributed by atoms with E-state index in [-0.39, 0.29) is 5.91 Å². The van der Waals surface area contributed by atoms with Crippen molar-refractivity contribution in [3.8, 4) is 17.2 Å². The third-order valence-electron chi connectivity index (χ3n) is 5.28. The van der Waals surface area contributed by atoms with Crippen LogP contribution >= 0.6 is 11.6 Å². The minimum atomic E-state index is -0.160. The highest BCUT2D eigenvalue weighted by Crippen LogP contribution is 2.38. The quantitative estimate of drug-likeness (QED) is 0.458. The van der Waals surface area contributed by atoms with Crippen molar-refractivity contribution in [1.82, 2.24) is 15.2 Å². The largest absolute Gasteiger partial charge is 0.493 e. The predicted octanol–water partition coefficient (Wildman–Crippen LogP) is 2.63. The second kappa shape index (κ2) is 11.7. The van der Waals surface area contributed by atoms with E-state index in [1.54, 1.807) is 26.4 Å². The highest BCUT2D eigenvalue weighted by atomic mass is 35.5. The number of ether oxygens (including phenoxy) is 3. The van der Waals surface area contributed by atoms with E-state index in [0.717, 1.165) is 37.7 Å². The van der Waals surface area contributed by atoms with Crippen LogP contribution in [0.25, 0.3) is 0 Å². The summed E-state index contributed by atoms with van der Waals surface area (Å²) in [6, 6.07) is 11.5. The minimum Gasteiger partial charge on any atom is -0.493 e. The summed E-state index contributed by atoms with van der Waals surface area (Å²) in [4.78, 5) is 16.8.